The lowest BCUT2D eigenvalue weighted by Gasteiger charge is -1.92. The molecule has 0 heterocycles. The Bertz CT molecular complexity index is 358. The molecule has 0 aliphatic rings. The molecule has 66 valence electrons. The number of carbonyl (C=O) groups excluding carboxylic acids is 1. The van der Waals surface area contributed by atoms with Crippen LogP contribution in [-0.4, -0.2) is 11.2 Å². The molecule has 13 heavy (non-hydrogen) atoms. The molecule has 1 aromatic rings. The number of nitrogens with zero attached hydrogens (tertiary/aromatic N) is 1. The van der Waals surface area contributed by atoms with E-state index in [0.29, 0.717) is 11.8 Å². The summed E-state index contributed by atoms with van der Waals surface area (Å²) in [5, 5.41) is 10.3. The summed E-state index contributed by atoms with van der Waals surface area (Å²) in [6.07, 6.45) is 3.43. The van der Waals surface area contributed by atoms with Gasteiger partial charge in [-0.05, 0) is 11.6 Å². The van der Waals surface area contributed by atoms with E-state index in [1.54, 1.807) is 12.1 Å². The van der Waals surface area contributed by atoms with Gasteiger partial charge in [0.2, 0.25) is 0 Å². The van der Waals surface area contributed by atoms with Gasteiger partial charge in [-0.3, -0.25) is 14.9 Å². The van der Waals surface area contributed by atoms with Gasteiger partial charge in [-0.1, -0.05) is 18.2 Å². The van der Waals surface area contributed by atoms with Crippen molar-refractivity contribution in [2.75, 3.05) is 0 Å². The van der Waals surface area contributed by atoms with E-state index >= 15 is 0 Å². The van der Waals surface area contributed by atoms with Gasteiger partial charge in [0.25, 0.3) is 5.69 Å². The van der Waals surface area contributed by atoms with Crippen LogP contribution in [0.25, 0.3) is 6.08 Å². The molecule has 0 aliphatic carbocycles. The van der Waals surface area contributed by atoms with E-state index < -0.39 is 4.92 Å². The first-order valence-electron chi connectivity index (χ1n) is 3.60. The van der Waals surface area contributed by atoms with Gasteiger partial charge in [0, 0.05) is 12.1 Å². The molecule has 1 aromatic carbocycles. The first-order chi connectivity index (χ1) is 6.24. The van der Waals surface area contributed by atoms with Crippen LogP contribution in [-0.2, 0) is 4.79 Å². The molecule has 0 saturated heterocycles. The summed E-state index contributed by atoms with van der Waals surface area (Å²) in [4.78, 5) is 19.8. The average Bonchev–Trinajstić information content (AvgIpc) is 2.15. The van der Waals surface area contributed by atoms with E-state index in [2.05, 4.69) is 0 Å². The Morgan fingerprint density at radius 3 is 2.77 bits per heavy atom. The minimum atomic E-state index is -0.474. The van der Waals surface area contributed by atoms with Crippen LogP contribution in [0.1, 0.15) is 5.56 Å². The first kappa shape index (κ1) is 9.12. The minimum Gasteiger partial charge on any atom is -0.299 e. The number of non-ortho nitro benzene ring substituents is 1. The van der Waals surface area contributed by atoms with Gasteiger partial charge in [-0.25, -0.2) is 0 Å². The Hall–Kier alpha value is -1.97. The van der Waals surface area contributed by atoms with E-state index in [1.165, 1.54) is 24.3 Å². The van der Waals surface area contributed by atoms with Crippen molar-refractivity contribution in [3.8, 4) is 0 Å². The van der Waals surface area contributed by atoms with Gasteiger partial charge >= 0.3 is 0 Å². The first-order valence-corrected chi connectivity index (χ1v) is 3.60. The predicted molar refractivity (Wildman–Crippen MR) is 48.2 cm³/mol. The lowest BCUT2D eigenvalue weighted by atomic mass is 10.2. The summed E-state index contributed by atoms with van der Waals surface area (Å²) in [7, 11) is 0. The number of nitro benzene ring substituents is 1. The third-order valence-electron chi connectivity index (χ3n) is 1.45. The number of allylic oxidation sites excluding steroid dienone is 1. The molecule has 4 heteroatoms. The van der Waals surface area contributed by atoms with Crippen LogP contribution in [0, 0.1) is 10.1 Å². The van der Waals surface area contributed by atoms with Crippen molar-refractivity contribution < 1.29 is 9.72 Å². The van der Waals surface area contributed by atoms with Gasteiger partial charge in [0.15, 0.2) is 0 Å². The Kier molecular flexibility index (Phi) is 2.92. The Morgan fingerprint density at radius 1 is 1.38 bits per heavy atom. The Morgan fingerprint density at radius 2 is 2.15 bits per heavy atom. The van der Waals surface area contributed by atoms with Crippen molar-refractivity contribution in [3.63, 3.8) is 0 Å². The van der Waals surface area contributed by atoms with Crippen molar-refractivity contribution in [1.82, 2.24) is 0 Å². The average molecular weight is 177 g/mol. The van der Waals surface area contributed by atoms with Crippen LogP contribution in [0.15, 0.2) is 30.3 Å². The van der Waals surface area contributed by atoms with E-state index in [-0.39, 0.29) is 5.69 Å². The summed E-state index contributed by atoms with van der Waals surface area (Å²) in [5.41, 5.74) is 0.661. The van der Waals surface area contributed by atoms with E-state index in [1.807, 2.05) is 0 Å². The molecule has 0 aliphatic heterocycles. The zero-order valence-electron chi connectivity index (χ0n) is 6.71. The monoisotopic (exact) mass is 177 g/mol. The molecule has 0 bridgehead atoms. The van der Waals surface area contributed by atoms with Crippen LogP contribution < -0.4 is 0 Å². The molecule has 0 spiro atoms. The summed E-state index contributed by atoms with van der Waals surface area (Å²) >= 11 is 0. The molecule has 0 N–H and O–H groups in total. The summed E-state index contributed by atoms with van der Waals surface area (Å²) in [6.45, 7) is 0. The second kappa shape index (κ2) is 4.15. The molecular formula is C9H7NO3. The highest BCUT2D eigenvalue weighted by Crippen LogP contribution is 2.13. The van der Waals surface area contributed by atoms with Gasteiger partial charge in [-0.2, -0.15) is 0 Å². The van der Waals surface area contributed by atoms with E-state index in [0.717, 1.165) is 0 Å². The highest BCUT2D eigenvalue weighted by Gasteiger charge is 2.02. The van der Waals surface area contributed by atoms with Crippen LogP contribution in [0.3, 0.4) is 0 Å². The highest BCUT2D eigenvalue weighted by molar-refractivity contribution is 5.74. The maximum atomic E-state index is 10.3. The molecule has 4 nitrogen and oxygen atoms in total. The molecule has 0 atom stereocenters. The molecule has 1 rings (SSSR count). The molecule has 0 aromatic heterocycles. The van der Waals surface area contributed by atoms with Crippen molar-refractivity contribution in [3.05, 3.63) is 46.0 Å². The number of aldehydes is 1. The van der Waals surface area contributed by atoms with E-state index in [9.17, 15) is 14.9 Å². The molecule has 0 saturated carbocycles. The lowest BCUT2D eigenvalue weighted by molar-refractivity contribution is -0.384. The summed E-state index contributed by atoms with van der Waals surface area (Å²) in [5.74, 6) is 0. The summed E-state index contributed by atoms with van der Waals surface area (Å²) in [6, 6.07) is 6.06. The zero-order valence-corrected chi connectivity index (χ0v) is 6.71. The van der Waals surface area contributed by atoms with Crippen molar-refractivity contribution in [1.29, 1.82) is 0 Å². The van der Waals surface area contributed by atoms with Gasteiger partial charge in [0.05, 0.1) is 4.92 Å². The molecule has 0 radical (unpaired) electrons. The van der Waals surface area contributed by atoms with Crippen LogP contribution in [0.4, 0.5) is 5.69 Å². The normalized spacial score (nSPS) is 10.2. The maximum absolute atomic E-state index is 10.3. The quantitative estimate of drug-likeness (QED) is 0.306. The van der Waals surface area contributed by atoms with Crippen molar-refractivity contribution >= 4 is 18.0 Å². The number of hydrogen-bond acceptors (Lipinski definition) is 3. The largest absolute Gasteiger partial charge is 0.299 e. The van der Waals surface area contributed by atoms with Crippen LogP contribution >= 0.6 is 0 Å². The number of carbonyl (C=O) groups is 1. The second-order valence-corrected chi connectivity index (χ2v) is 2.35. The fraction of sp³-hybridized carbons (Fsp3) is 0. The topological polar surface area (TPSA) is 60.2 Å². The SMILES string of the molecule is O=CC=Cc1cccc([N+](=O)[O-])c1. The molecule has 0 fully saturated rings. The fourth-order valence-electron chi connectivity index (χ4n) is 0.892. The number of nitro groups is 1. The Labute approximate surface area is 74.7 Å². The molecular weight excluding hydrogens is 170 g/mol. The number of hydrogen-bond donors (Lipinski definition) is 0. The third kappa shape index (κ3) is 2.52. The molecule has 0 amide bonds. The minimum absolute atomic E-state index is 0.0213. The standard InChI is InChI=1S/C9H7NO3/c11-6-2-4-8-3-1-5-9(7-8)10(12)13/h1-7H. The summed E-state index contributed by atoms with van der Waals surface area (Å²) < 4.78 is 0. The van der Waals surface area contributed by atoms with Crippen LogP contribution in [0.5, 0.6) is 0 Å². The number of benzene rings is 1. The van der Waals surface area contributed by atoms with Crippen molar-refractivity contribution in [2.24, 2.45) is 0 Å². The molecule has 0 unspecified atom stereocenters. The maximum Gasteiger partial charge on any atom is 0.270 e. The predicted octanol–water partition coefficient (Wildman–Crippen LogP) is 1.81. The van der Waals surface area contributed by atoms with E-state index in [4.69, 9.17) is 0 Å². The highest BCUT2D eigenvalue weighted by atomic mass is 16.6. The van der Waals surface area contributed by atoms with Gasteiger partial charge in [-0.15, -0.1) is 0 Å². The Balaban J connectivity index is 2.98. The van der Waals surface area contributed by atoms with Crippen molar-refractivity contribution in [2.45, 2.75) is 0 Å². The van der Waals surface area contributed by atoms with Gasteiger partial charge in [0.1, 0.15) is 6.29 Å². The van der Waals surface area contributed by atoms with Gasteiger partial charge < -0.3 is 0 Å². The third-order valence-corrected chi connectivity index (χ3v) is 1.45. The van der Waals surface area contributed by atoms with Crippen LogP contribution in [0.2, 0.25) is 0 Å². The zero-order chi connectivity index (χ0) is 9.68. The second-order valence-electron chi connectivity index (χ2n) is 2.35. The smallest absolute Gasteiger partial charge is 0.270 e. The fourth-order valence-corrected chi connectivity index (χ4v) is 0.892. The lowest BCUT2D eigenvalue weighted by Crippen LogP contribution is -1.87. The number of rotatable bonds is 3.